The van der Waals surface area contributed by atoms with Crippen LogP contribution in [0.1, 0.15) is 23.0 Å². The Balaban J connectivity index is 1.91. The topological polar surface area (TPSA) is 110 Å². The summed E-state index contributed by atoms with van der Waals surface area (Å²) < 4.78 is 29.5. The molecule has 1 aromatic heterocycles. The standard InChI is InChI=1S/C18H18N2O6S3/c1-3-29(24,25)13-10-27-16(18(23)26-2)15(13)19-20-14(21)9-12(17(20)22)28-11-7-5-4-6-8-11/h4-8,10,12,19H,3,9H2,1-2H3. The minimum absolute atomic E-state index is 0.0284. The Morgan fingerprint density at radius 2 is 2.00 bits per heavy atom. The van der Waals surface area contributed by atoms with Crippen molar-refractivity contribution in [3.05, 3.63) is 40.6 Å². The number of sulfone groups is 1. The molecular weight excluding hydrogens is 436 g/mol. The van der Waals surface area contributed by atoms with Gasteiger partial charge in [-0.05, 0) is 12.1 Å². The maximum absolute atomic E-state index is 12.8. The van der Waals surface area contributed by atoms with Crippen LogP contribution in [-0.4, -0.2) is 49.3 Å². The fourth-order valence-corrected chi connectivity index (χ4v) is 6.10. The van der Waals surface area contributed by atoms with Crippen molar-refractivity contribution in [1.29, 1.82) is 0 Å². The normalized spacial score (nSPS) is 16.9. The molecule has 1 aliphatic rings. The number of carbonyl (C=O) groups is 3. The summed E-state index contributed by atoms with van der Waals surface area (Å²) in [7, 11) is -2.54. The van der Waals surface area contributed by atoms with Crippen molar-refractivity contribution in [3.8, 4) is 0 Å². The first-order chi connectivity index (χ1) is 13.8. The summed E-state index contributed by atoms with van der Waals surface area (Å²) in [5.74, 6) is -1.98. The first-order valence-electron chi connectivity index (χ1n) is 8.56. The summed E-state index contributed by atoms with van der Waals surface area (Å²) in [5, 5.41) is 1.43. The Morgan fingerprint density at radius 1 is 1.31 bits per heavy atom. The predicted octanol–water partition coefficient (Wildman–Crippen LogP) is 2.58. The molecule has 1 fully saturated rings. The fraction of sp³-hybridized carbons (Fsp3) is 0.278. The van der Waals surface area contributed by atoms with Crippen molar-refractivity contribution in [2.24, 2.45) is 0 Å². The SMILES string of the molecule is CCS(=O)(=O)c1csc(C(=O)OC)c1NN1C(=O)CC(Sc2ccccc2)C1=O. The Hall–Kier alpha value is -2.37. The number of anilines is 1. The van der Waals surface area contributed by atoms with E-state index in [4.69, 9.17) is 4.74 Å². The number of nitrogens with zero attached hydrogens (tertiary/aromatic N) is 1. The average Bonchev–Trinajstić information content (AvgIpc) is 3.25. The number of esters is 1. The van der Waals surface area contributed by atoms with Gasteiger partial charge in [0.05, 0.1) is 30.2 Å². The molecule has 1 saturated heterocycles. The summed E-state index contributed by atoms with van der Waals surface area (Å²) in [6.07, 6.45) is -0.0427. The lowest BCUT2D eigenvalue weighted by Crippen LogP contribution is -2.37. The first kappa shape index (κ1) is 21.3. The number of carbonyl (C=O) groups excluding carboxylic acids is 3. The molecular formula is C18H18N2O6S3. The van der Waals surface area contributed by atoms with E-state index in [2.05, 4.69) is 5.43 Å². The van der Waals surface area contributed by atoms with Crippen LogP contribution in [0, 0.1) is 0 Å². The molecule has 29 heavy (non-hydrogen) atoms. The first-order valence-corrected chi connectivity index (χ1v) is 12.0. The molecule has 1 unspecified atom stereocenters. The lowest BCUT2D eigenvalue weighted by molar-refractivity contribution is -0.136. The minimum atomic E-state index is -3.70. The second-order valence-corrected chi connectivity index (χ2v) is 10.4. The molecule has 2 aromatic rings. The molecule has 154 valence electrons. The van der Waals surface area contributed by atoms with Crippen LogP contribution < -0.4 is 5.43 Å². The van der Waals surface area contributed by atoms with Crippen LogP contribution in [0.15, 0.2) is 45.5 Å². The third kappa shape index (κ3) is 4.31. The number of hydrogen-bond donors (Lipinski definition) is 1. The number of imide groups is 1. The van der Waals surface area contributed by atoms with Crippen molar-refractivity contribution in [3.63, 3.8) is 0 Å². The molecule has 0 bridgehead atoms. The van der Waals surface area contributed by atoms with Gasteiger partial charge >= 0.3 is 5.97 Å². The van der Waals surface area contributed by atoms with Crippen molar-refractivity contribution >= 4 is 56.4 Å². The monoisotopic (exact) mass is 454 g/mol. The van der Waals surface area contributed by atoms with Gasteiger partial charge in [0.15, 0.2) is 9.84 Å². The van der Waals surface area contributed by atoms with Gasteiger partial charge in [-0.2, -0.15) is 5.01 Å². The van der Waals surface area contributed by atoms with Crippen LogP contribution >= 0.6 is 23.1 Å². The van der Waals surface area contributed by atoms with Gasteiger partial charge in [-0.3, -0.25) is 15.0 Å². The summed E-state index contributed by atoms with van der Waals surface area (Å²) >= 11 is 2.12. The largest absolute Gasteiger partial charge is 0.465 e. The van der Waals surface area contributed by atoms with Crippen molar-refractivity contribution in [2.75, 3.05) is 18.3 Å². The number of amides is 2. The molecule has 1 aromatic carbocycles. The Labute approximate surface area is 176 Å². The second-order valence-electron chi connectivity index (χ2n) is 6.00. The van der Waals surface area contributed by atoms with E-state index in [0.717, 1.165) is 21.2 Å². The summed E-state index contributed by atoms with van der Waals surface area (Å²) in [6, 6.07) is 9.17. The second kappa shape index (κ2) is 8.56. The highest BCUT2D eigenvalue weighted by atomic mass is 32.2. The number of nitrogens with one attached hydrogen (secondary N) is 1. The van der Waals surface area contributed by atoms with Crippen LogP contribution in [0.25, 0.3) is 0 Å². The van der Waals surface area contributed by atoms with E-state index in [9.17, 15) is 22.8 Å². The number of hydrogen-bond acceptors (Lipinski definition) is 9. The predicted molar refractivity (Wildman–Crippen MR) is 110 cm³/mol. The summed E-state index contributed by atoms with van der Waals surface area (Å²) in [6.45, 7) is 1.47. The van der Waals surface area contributed by atoms with Crippen LogP contribution in [0.4, 0.5) is 5.69 Å². The molecule has 0 radical (unpaired) electrons. The highest BCUT2D eigenvalue weighted by molar-refractivity contribution is 8.00. The zero-order chi connectivity index (χ0) is 21.2. The summed E-state index contributed by atoms with van der Waals surface area (Å²) in [5.41, 5.74) is 2.47. The molecule has 2 amide bonds. The molecule has 1 N–H and O–H groups in total. The van der Waals surface area contributed by atoms with Crippen molar-refractivity contribution < 1.29 is 27.5 Å². The fourth-order valence-electron chi connectivity index (χ4n) is 2.66. The zero-order valence-electron chi connectivity index (χ0n) is 15.6. The zero-order valence-corrected chi connectivity index (χ0v) is 18.0. The third-order valence-corrected chi connectivity index (χ3v) is 8.25. The van der Waals surface area contributed by atoms with Gasteiger partial charge in [-0.1, -0.05) is 25.1 Å². The van der Waals surface area contributed by atoms with E-state index in [1.165, 1.54) is 31.2 Å². The van der Waals surface area contributed by atoms with E-state index >= 15 is 0 Å². The Kier molecular flexibility index (Phi) is 6.30. The molecule has 1 aliphatic heterocycles. The number of rotatable bonds is 7. The van der Waals surface area contributed by atoms with Crippen LogP contribution in [0.2, 0.25) is 0 Å². The molecule has 8 nitrogen and oxygen atoms in total. The molecule has 1 atom stereocenters. The van der Waals surface area contributed by atoms with Gasteiger partial charge in [-0.15, -0.1) is 23.1 Å². The van der Waals surface area contributed by atoms with E-state index in [0.29, 0.717) is 0 Å². The van der Waals surface area contributed by atoms with Crippen LogP contribution in [0.5, 0.6) is 0 Å². The molecule has 0 spiro atoms. The number of ether oxygens (including phenoxy) is 1. The molecule has 11 heteroatoms. The number of thiophene rings is 1. The smallest absolute Gasteiger partial charge is 0.350 e. The Morgan fingerprint density at radius 3 is 2.62 bits per heavy atom. The lowest BCUT2D eigenvalue weighted by atomic mass is 10.3. The van der Waals surface area contributed by atoms with Gasteiger partial charge in [-0.25, -0.2) is 13.2 Å². The van der Waals surface area contributed by atoms with E-state index in [1.54, 1.807) is 0 Å². The molecule has 2 heterocycles. The van der Waals surface area contributed by atoms with Gasteiger partial charge in [0.2, 0.25) is 5.91 Å². The quantitative estimate of drug-likeness (QED) is 0.502. The van der Waals surface area contributed by atoms with E-state index in [-0.39, 0.29) is 27.6 Å². The number of methoxy groups -OCH3 is 1. The van der Waals surface area contributed by atoms with Gasteiger partial charge in [0, 0.05) is 10.3 Å². The highest BCUT2D eigenvalue weighted by Crippen LogP contribution is 2.36. The van der Waals surface area contributed by atoms with Gasteiger partial charge < -0.3 is 4.74 Å². The van der Waals surface area contributed by atoms with E-state index in [1.807, 2.05) is 30.3 Å². The molecule has 3 rings (SSSR count). The Bertz CT molecular complexity index is 1050. The van der Waals surface area contributed by atoms with E-state index < -0.39 is 32.9 Å². The van der Waals surface area contributed by atoms with Crippen LogP contribution in [-0.2, 0) is 24.2 Å². The number of hydrazine groups is 1. The van der Waals surface area contributed by atoms with Crippen molar-refractivity contribution in [1.82, 2.24) is 5.01 Å². The molecule has 0 saturated carbocycles. The number of benzene rings is 1. The number of thioether (sulfide) groups is 1. The van der Waals surface area contributed by atoms with Gasteiger partial charge in [0.25, 0.3) is 5.91 Å². The average molecular weight is 455 g/mol. The maximum Gasteiger partial charge on any atom is 0.350 e. The third-order valence-electron chi connectivity index (χ3n) is 4.19. The minimum Gasteiger partial charge on any atom is -0.465 e. The summed E-state index contributed by atoms with van der Waals surface area (Å²) in [4.78, 5) is 38.0. The van der Waals surface area contributed by atoms with Gasteiger partial charge in [0.1, 0.15) is 9.77 Å². The maximum atomic E-state index is 12.8. The van der Waals surface area contributed by atoms with Crippen LogP contribution in [0.3, 0.4) is 0 Å². The highest BCUT2D eigenvalue weighted by Gasteiger charge is 2.41. The lowest BCUT2D eigenvalue weighted by Gasteiger charge is -2.18. The molecule has 0 aliphatic carbocycles. The van der Waals surface area contributed by atoms with Crippen molar-refractivity contribution in [2.45, 2.75) is 28.4 Å².